The molecule has 0 unspecified atom stereocenters. The zero-order valence-electron chi connectivity index (χ0n) is 18.0. The van der Waals surface area contributed by atoms with Gasteiger partial charge in [-0.25, -0.2) is 9.59 Å². The lowest BCUT2D eigenvalue weighted by Gasteiger charge is -2.37. The first-order valence-corrected chi connectivity index (χ1v) is 10.0. The van der Waals surface area contributed by atoms with Crippen LogP contribution in [0.4, 0.5) is 16.2 Å². The van der Waals surface area contributed by atoms with Crippen molar-refractivity contribution in [3.8, 4) is 0 Å². The van der Waals surface area contributed by atoms with E-state index in [1.807, 2.05) is 26.8 Å². The summed E-state index contributed by atoms with van der Waals surface area (Å²) in [4.78, 5) is 32.8. The molecular formula is C21H30N4O5. The van der Waals surface area contributed by atoms with Crippen molar-refractivity contribution in [1.82, 2.24) is 4.90 Å². The maximum Gasteiger partial charge on any atom is 0.410 e. The van der Waals surface area contributed by atoms with Crippen molar-refractivity contribution in [2.45, 2.75) is 32.4 Å². The standard InChI is InChI=1S/C21H30N4O5/c1-21(2,3)30-20(27)25-9-7-24(8-10-25)17-6-5-15(19(26)28-4)18(22)16(17)11-23-14-12-29-13-14/h5-6,11,14H,7-10,12-13,22H2,1-4H3. The van der Waals surface area contributed by atoms with Gasteiger partial charge in [-0.1, -0.05) is 0 Å². The number of anilines is 2. The summed E-state index contributed by atoms with van der Waals surface area (Å²) in [6, 6.07) is 3.62. The third-order valence-corrected chi connectivity index (χ3v) is 4.98. The van der Waals surface area contributed by atoms with Crippen molar-refractivity contribution >= 4 is 29.7 Å². The van der Waals surface area contributed by atoms with Crippen LogP contribution in [0.2, 0.25) is 0 Å². The summed E-state index contributed by atoms with van der Waals surface area (Å²) in [5.74, 6) is -0.490. The average Bonchev–Trinajstić information content (AvgIpc) is 2.66. The molecule has 0 bridgehead atoms. The van der Waals surface area contributed by atoms with Gasteiger partial charge in [0.15, 0.2) is 0 Å². The van der Waals surface area contributed by atoms with Crippen molar-refractivity contribution in [1.29, 1.82) is 0 Å². The Morgan fingerprint density at radius 3 is 2.40 bits per heavy atom. The smallest absolute Gasteiger partial charge is 0.410 e. The monoisotopic (exact) mass is 418 g/mol. The van der Waals surface area contributed by atoms with Gasteiger partial charge in [-0.05, 0) is 32.9 Å². The molecule has 0 spiro atoms. The van der Waals surface area contributed by atoms with Crippen LogP contribution in [0.5, 0.6) is 0 Å². The SMILES string of the molecule is COC(=O)c1ccc(N2CCN(C(=O)OC(C)(C)C)CC2)c(C=NC2COC2)c1N. The molecule has 0 atom stereocenters. The van der Waals surface area contributed by atoms with Gasteiger partial charge in [0.2, 0.25) is 0 Å². The van der Waals surface area contributed by atoms with Crippen molar-refractivity contribution in [3.05, 3.63) is 23.3 Å². The molecule has 2 heterocycles. The second kappa shape index (κ2) is 8.91. The van der Waals surface area contributed by atoms with Gasteiger partial charge in [0.1, 0.15) is 5.60 Å². The van der Waals surface area contributed by atoms with E-state index in [0.717, 1.165) is 5.69 Å². The van der Waals surface area contributed by atoms with E-state index in [4.69, 9.17) is 19.9 Å². The molecule has 1 aromatic rings. The molecule has 9 nitrogen and oxygen atoms in total. The van der Waals surface area contributed by atoms with E-state index in [2.05, 4.69) is 9.89 Å². The van der Waals surface area contributed by atoms with E-state index in [0.29, 0.717) is 56.2 Å². The Morgan fingerprint density at radius 2 is 1.87 bits per heavy atom. The lowest BCUT2D eigenvalue weighted by Crippen LogP contribution is -2.50. The lowest BCUT2D eigenvalue weighted by atomic mass is 10.0. The number of aliphatic imine (C=N–C) groups is 1. The van der Waals surface area contributed by atoms with Gasteiger partial charge < -0.3 is 29.7 Å². The Morgan fingerprint density at radius 1 is 1.20 bits per heavy atom. The van der Waals surface area contributed by atoms with Gasteiger partial charge >= 0.3 is 12.1 Å². The highest BCUT2D eigenvalue weighted by atomic mass is 16.6. The molecule has 2 aliphatic heterocycles. The lowest BCUT2D eigenvalue weighted by molar-refractivity contribution is 0.0135. The number of hydrogen-bond donors (Lipinski definition) is 1. The number of nitrogens with zero attached hydrogens (tertiary/aromatic N) is 3. The van der Waals surface area contributed by atoms with Gasteiger partial charge in [0, 0.05) is 43.6 Å². The molecule has 2 fully saturated rings. The molecule has 1 amide bonds. The zero-order chi connectivity index (χ0) is 21.9. The number of esters is 1. The molecule has 0 aliphatic carbocycles. The van der Waals surface area contributed by atoms with E-state index in [1.165, 1.54) is 7.11 Å². The summed E-state index contributed by atoms with van der Waals surface area (Å²) in [5.41, 5.74) is 7.98. The van der Waals surface area contributed by atoms with Crippen LogP contribution in [0, 0.1) is 0 Å². The minimum Gasteiger partial charge on any atom is -0.465 e. The number of ether oxygens (including phenoxy) is 3. The minimum absolute atomic E-state index is 0.100. The molecule has 0 radical (unpaired) electrons. The fourth-order valence-corrected chi connectivity index (χ4v) is 3.27. The third kappa shape index (κ3) is 5.02. The normalized spacial score (nSPS) is 17.7. The van der Waals surface area contributed by atoms with Crippen molar-refractivity contribution in [2.24, 2.45) is 4.99 Å². The average molecular weight is 418 g/mol. The summed E-state index contributed by atoms with van der Waals surface area (Å²) in [5, 5.41) is 0. The Bertz CT molecular complexity index is 821. The minimum atomic E-state index is -0.527. The summed E-state index contributed by atoms with van der Waals surface area (Å²) in [6.45, 7) is 9.01. The number of rotatable bonds is 4. The molecule has 3 rings (SSSR count). The summed E-state index contributed by atoms with van der Waals surface area (Å²) in [7, 11) is 1.32. The molecule has 2 aliphatic rings. The first-order valence-electron chi connectivity index (χ1n) is 10.0. The second-order valence-corrected chi connectivity index (χ2v) is 8.38. The number of carbonyl (C=O) groups is 2. The topological polar surface area (TPSA) is 107 Å². The van der Waals surface area contributed by atoms with Crippen LogP contribution < -0.4 is 10.6 Å². The summed E-state index contributed by atoms with van der Waals surface area (Å²) >= 11 is 0. The Labute approximate surface area is 176 Å². The van der Waals surface area contributed by atoms with Gasteiger partial charge in [0.05, 0.1) is 37.6 Å². The molecule has 0 saturated carbocycles. The molecule has 2 saturated heterocycles. The fourth-order valence-electron chi connectivity index (χ4n) is 3.27. The number of hydrogen-bond acceptors (Lipinski definition) is 8. The number of nitrogens with two attached hydrogens (primary N) is 1. The van der Waals surface area contributed by atoms with Gasteiger partial charge in [-0.3, -0.25) is 4.99 Å². The van der Waals surface area contributed by atoms with Crippen molar-refractivity contribution < 1.29 is 23.8 Å². The number of benzene rings is 1. The van der Waals surface area contributed by atoms with Crippen LogP contribution in [0.1, 0.15) is 36.7 Å². The molecular weight excluding hydrogens is 388 g/mol. The first-order chi connectivity index (χ1) is 14.2. The van der Waals surface area contributed by atoms with Gasteiger partial charge in [0.25, 0.3) is 0 Å². The first kappa shape index (κ1) is 21.9. The van der Waals surface area contributed by atoms with Crippen LogP contribution in [0.15, 0.2) is 17.1 Å². The summed E-state index contributed by atoms with van der Waals surface area (Å²) < 4.78 is 15.5. The maximum absolute atomic E-state index is 12.3. The number of methoxy groups -OCH3 is 1. The van der Waals surface area contributed by atoms with E-state index in [-0.39, 0.29) is 12.1 Å². The Balaban J connectivity index is 1.79. The quantitative estimate of drug-likeness (QED) is 0.452. The van der Waals surface area contributed by atoms with E-state index in [1.54, 1.807) is 17.2 Å². The van der Waals surface area contributed by atoms with Crippen LogP contribution >= 0.6 is 0 Å². The molecule has 1 aromatic carbocycles. The van der Waals surface area contributed by atoms with E-state index >= 15 is 0 Å². The maximum atomic E-state index is 12.3. The highest BCUT2D eigenvalue weighted by Gasteiger charge is 2.28. The van der Waals surface area contributed by atoms with Crippen LogP contribution in [0.3, 0.4) is 0 Å². The van der Waals surface area contributed by atoms with Gasteiger partial charge in [-0.15, -0.1) is 0 Å². The molecule has 2 N–H and O–H groups in total. The third-order valence-electron chi connectivity index (χ3n) is 4.98. The molecule has 30 heavy (non-hydrogen) atoms. The molecule has 9 heteroatoms. The fraction of sp³-hybridized carbons (Fsp3) is 0.571. The van der Waals surface area contributed by atoms with Crippen molar-refractivity contribution in [2.75, 3.05) is 57.1 Å². The van der Waals surface area contributed by atoms with Crippen LogP contribution in [-0.4, -0.2) is 81.3 Å². The number of amides is 1. The molecule has 0 aromatic heterocycles. The van der Waals surface area contributed by atoms with Gasteiger partial charge in [-0.2, -0.15) is 0 Å². The van der Waals surface area contributed by atoms with Crippen LogP contribution in [0.25, 0.3) is 0 Å². The predicted molar refractivity (Wildman–Crippen MR) is 114 cm³/mol. The number of carbonyl (C=O) groups excluding carboxylic acids is 2. The van der Waals surface area contributed by atoms with Crippen LogP contribution in [-0.2, 0) is 14.2 Å². The zero-order valence-corrected chi connectivity index (χ0v) is 18.0. The molecule has 164 valence electrons. The largest absolute Gasteiger partial charge is 0.465 e. The highest BCUT2D eigenvalue weighted by molar-refractivity contribution is 6.04. The predicted octanol–water partition coefficient (Wildman–Crippen LogP) is 1.93. The Kier molecular flexibility index (Phi) is 6.50. The number of piperazine rings is 1. The van der Waals surface area contributed by atoms with E-state index in [9.17, 15) is 9.59 Å². The highest BCUT2D eigenvalue weighted by Crippen LogP contribution is 2.29. The van der Waals surface area contributed by atoms with E-state index < -0.39 is 11.6 Å². The van der Waals surface area contributed by atoms with Crippen molar-refractivity contribution in [3.63, 3.8) is 0 Å². The Hall–Kier alpha value is -2.81. The second-order valence-electron chi connectivity index (χ2n) is 8.38. The number of nitrogen functional groups attached to an aromatic ring is 1. The summed E-state index contributed by atoms with van der Waals surface area (Å²) in [6.07, 6.45) is 1.40.